The summed E-state index contributed by atoms with van der Waals surface area (Å²) in [5.74, 6) is -0.00890. The predicted octanol–water partition coefficient (Wildman–Crippen LogP) is 7.07. The summed E-state index contributed by atoms with van der Waals surface area (Å²) in [5.41, 5.74) is 2.48. The molecule has 5 nitrogen and oxygen atoms in total. The number of benzene rings is 3. The first-order chi connectivity index (χ1) is 16.3. The summed E-state index contributed by atoms with van der Waals surface area (Å²) in [5, 5.41) is 12.7. The average Bonchev–Trinajstić information content (AvgIpc) is 2.80. The van der Waals surface area contributed by atoms with Crippen LogP contribution in [0.2, 0.25) is 5.02 Å². The van der Waals surface area contributed by atoms with Crippen LogP contribution in [0.15, 0.2) is 64.6 Å². The molecule has 34 heavy (non-hydrogen) atoms. The Morgan fingerprint density at radius 2 is 1.94 bits per heavy atom. The highest BCUT2D eigenvalue weighted by molar-refractivity contribution is 9.10. The highest BCUT2D eigenvalue weighted by Gasteiger charge is 2.16. The van der Waals surface area contributed by atoms with E-state index in [1.807, 2.05) is 26.0 Å². The molecule has 3 aromatic rings. The van der Waals surface area contributed by atoms with Gasteiger partial charge in [-0.1, -0.05) is 35.9 Å². The molecule has 8 heteroatoms. The molecule has 3 aromatic carbocycles. The van der Waals surface area contributed by atoms with Crippen molar-refractivity contribution in [2.24, 2.45) is 0 Å². The average molecular weight is 544 g/mol. The first kappa shape index (κ1) is 25.3. The molecule has 0 heterocycles. The second-order valence-electron chi connectivity index (χ2n) is 7.23. The number of nitrogens with zero attached hydrogens (tertiary/aromatic N) is 1. The number of ether oxygens (including phenoxy) is 2. The van der Waals surface area contributed by atoms with Gasteiger partial charge >= 0.3 is 0 Å². The minimum atomic E-state index is -0.579. The number of carbonyl (C=O) groups excluding carboxylic acids is 1. The lowest BCUT2D eigenvalue weighted by Crippen LogP contribution is -2.14. The van der Waals surface area contributed by atoms with Gasteiger partial charge in [-0.2, -0.15) is 5.26 Å². The van der Waals surface area contributed by atoms with Gasteiger partial charge < -0.3 is 14.8 Å². The number of hydrogen-bond donors (Lipinski definition) is 1. The topological polar surface area (TPSA) is 71.3 Å². The van der Waals surface area contributed by atoms with Crippen LogP contribution in [0.5, 0.6) is 11.5 Å². The van der Waals surface area contributed by atoms with E-state index in [-0.39, 0.29) is 18.0 Å². The van der Waals surface area contributed by atoms with Crippen LogP contribution >= 0.6 is 27.5 Å². The van der Waals surface area contributed by atoms with Crippen molar-refractivity contribution in [1.82, 2.24) is 0 Å². The fraction of sp³-hybridized carbons (Fsp3) is 0.154. The van der Waals surface area contributed by atoms with Crippen LogP contribution in [0.1, 0.15) is 23.6 Å². The molecular formula is C26H21BrClFN2O3. The molecule has 0 bridgehead atoms. The minimum Gasteiger partial charge on any atom is -0.490 e. The number of carbonyl (C=O) groups is 1. The molecule has 0 atom stereocenters. The molecule has 0 aliphatic rings. The maximum Gasteiger partial charge on any atom is 0.266 e. The third-order valence-electron chi connectivity index (χ3n) is 4.76. The van der Waals surface area contributed by atoms with Gasteiger partial charge in [0.25, 0.3) is 5.91 Å². The molecule has 0 aliphatic carbocycles. The zero-order chi connectivity index (χ0) is 24.7. The lowest BCUT2D eigenvalue weighted by Gasteiger charge is -2.15. The van der Waals surface area contributed by atoms with Crippen LogP contribution in [-0.4, -0.2) is 12.5 Å². The summed E-state index contributed by atoms with van der Waals surface area (Å²) in [7, 11) is 0. The maximum atomic E-state index is 13.1. The number of anilines is 1. The van der Waals surface area contributed by atoms with Crippen molar-refractivity contribution in [1.29, 1.82) is 5.26 Å². The van der Waals surface area contributed by atoms with E-state index in [4.69, 9.17) is 21.1 Å². The molecule has 1 amide bonds. The van der Waals surface area contributed by atoms with Gasteiger partial charge in [-0.3, -0.25) is 4.79 Å². The van der Waals surface area contributed by atoms with Crippen molar-refractivity contribution in [3.05, 3.63) is 92.2 Å². The Morgan fingerprint density at radius 3 is 2.59 bits per heavy atom. The molecule has 0 aromatic heterocycles. The second-order valence-corrected chi connectivity index (χ2v) is 8.50. The van der Waals surface area contributed by atoms with Crippen molar-refractivity contribution >= 4 is 45.2 Å². The number of halogens is 3. The lowest BCUT2D eigenvalue weighted by atomic mass is 10.1. The van der Waals surface area contributed by atoms with Gasteiger partial charge in [-0.15, -0.1) is 0 Å². The van der Waals surface area contributed by atoms with Crippen molar-refractivity contribution in [2.75, 3.05) is 11.9 Å². The van der Waals surface area contributed by atoms with Crippen LogP contribution in [0.4, 0.5) is 10.1 Å². The number of nitriles is 1. The van der Waals surface area contributed by atoms with E-state index < -0.39 is 5.91 Å². The van der Waals surface area contributed by atoms with E-state index in [2.05, 4.69) is 21.2 Å². The van der Waals surface area contributed by atoms with Crippen LogP contribution in [0.25, 0.3) is 6.08 Å². The first-order valence-corrected chi connectivity index (χ1v) is 11.5. The molecular weight excluding hydrogens is 523 g/mol. The van der Waals surface area contributed by atoms with Crippen molar-refractivity contribution in [2.45, 2.75) is 20.5 Å². The fourth-order valence-corrected chi connectivity index (χ4v) is 3.94. The molecule has 0 saturated heterocycles. The zero-order valence-electron chi connectivity index (χ0n) is 18.5. The van der Waals surface area contributed by atoms with Gasteiger partial charge in [0, 0.05) is 0 Å². The Kier molecular flexibility index (Phi) is 8.69. The van der Waals surface area contributed by atoms with Gasteiger partial charge in [0.1, 0.15) is 24.1 Å². The van der Waals surface area contributed by atoms with Gasteiger partial charge in [0.2, 0.25) is 0 Å². The highest BCUT2D eigenvalue weighted by atomic mass is 79.9. The van der Waals surface area contributed by atoms with E-state index in [0.717, 1.165) is 11.1 Å². The van der Waals surface area contributed by atoms with E-state index in [1.165, 1.54) is 18.2 Å². The maximum absolute atomic E-state index is 13.1. The number of rotatable bonds is 8. The van der Waals surface area contributed by atoms with Gasteiger partial charge in [-0.05, 0) is 82.9 Å². The van der Waals surface area contributed by atoms with E-state index >= 15 is 0 Å². The van der Waals surface area contributed by atoms with Crippen LogP contribution in [0.3, 0.4) is 0 Å². The number of para-hydroxylation sites is 1. The van der Waals surface area contributed by atoms with Crippen molar-refractivity contribution in [3.63, 3.8) is 0 Å². The molecule has 0 saturated carbocycles. The number of hydrogen-bond acceptors (Lipinski definition) is 4. The Balaban J connectivity index is 1.86. The van der Waals surface area contributed by atoms with Crippen molar-refractivity contribution in [3.8, 4) is 17.6 Å². The largest absolute Gasteiger partial charge is 0.490 e. The normalized spacial score (nSPS) is 11.0. The molecule has 0 fully saturated rings. The number of amides is 1. The minimum absolute atomic E-state index is 0.103. The van der Waals surface area contributed by atoms with E-state index in [0.29, 0.717) is 38.9 Å². The van der Waals surface area contributed by atoms with Gasteiger partial charge in [0.05, 0.1) is 21.8 Å². The van der Waals surface area contributed by atoms with E-state index in [9.17, 15) is 14.4 Å². The summed E-state index contributed by atoms with van der Waals surface area (Å²) in [6.45, 7) is 4.23. The Bertz CT molecular complexity index is 1250. The Hall–Kier alpha value is -3.34. The Labute approximate surface area is 210 Å². The molecule has 1 N–H and O–H groups in total. The summed E-state index contributed by atoms with van der Waals surface area (Å²) in [6.07, 6.45) is 1.46. The van der Waals surface area contributed by atoms with Crippen LogP contribution in [-0.2, 0) is 11.4 Å². The molecule has 0 unspecified atom stereocenters. The predicted molar refractivity (Wildman–Crippen MR) is 134 cm³/mol. The highest BCUT2D eigenvalue weighted by Crippen LogP contribution is 2.38. The summed E-state index contributed by atoms with van der Waals surface area (Å²) in [4.78, 5) is 12.7. The Morgan fingerprint density at radius 1 is 1.21 bits per heavy atom. The SMILES string of the molecule is CCOc1cc(/C=C(\C#N)C(=O)Nc2c(C)cccc2Cl)cc(Br)c1OCc1ccc(F)cc1. The molecule has 3 rings (SSSR count). The number of aryl methyl sites for hydroxylation is 1. The summed E-state index contributed by atoms with van der Waals surface area (Å²) < 4.78 is 25.4. The summed E-state index contributed by atoms with van der Waals surface area (Å²) in [6, 6.07) is 16.6. The monoisotopic (exact) mass is 542 g/mol. The number of nitrogens with one attached hydrogen (secondary N) is 1. The smallest absolute Gasteiger partial charge is 0.266 e. The van der Waals surface area contributed by atoms with Crippen LogP contribution in [0, 0.1) is 24.1 Å². The fourth-order valence-electron chi connectivity index (χ4n) is 3.10. The molecule has 174 valence electrons. The third kappa shape index (κ3) is 6.37. The second kappa shape index (κ2) is 11.7. The zero-order valence-corrected chi connectivity index (χ0v) is 20.8. The molecule has 0 spiro atoms. The van der Waals surface area contributed by atoms with E-state index in [1.54, 1.807) is 36.4 Å². The first-order valence-electron chi connectivity index (χ1n) is 10.3. The third-order valence-corrected chi connectivity index (χ3v) is 5.67. The van der Waals surface area contributed by atoms with Crippen molar-refractivity contribution < 1.29 is 18.7 Å². The lowest BCUT2D eigenvalue weighted by molar-refractivity contribution is -0.112. The van der Waals surface area contributed by atoms with Gasteiger partial charge in [0.15, 0.2) is 11.5 Å². The molecule has 0 aliphatic heterocycles. The quantitative estimate of drug-likeness (QED) is 0.244. The standard InChI is InChI=1S/C26H21BrClFN2O3/c1-3-33-23-13-18(12-21(27)25(23)34-15-17-7-9-20(29)10-8-17)11-19(14-30)26(32)31-24-16(2)5-4-6-22(24)28/h4-13H,3,15H2,1-2H3,(H,31,32)/b19-11+. The van der Waals surface area contributed by atoms with Crippen LogP contribution < -0.4 is 14.8 Å². The molecule has 0 radical (unpaired) electrons. The van der Waals surface area contributed by atoms with Gasteiger partial charge in [-0.25, -0.2) is 4.39 Å². The summed E-state index contributed by atoms with van der Waals surface area (Å²) >= 11 is 9.66.